The summed E-state index contributed by atoms with van der Waals surface area (Å²) in [7, 11) is 0. The first-order chi connectivity index (χ1) is 11.9. The summed E-state index contributed by atoms with van der Waals surface area (Å²) in [6, 6.07) is 4.53. The van der Waals surface area contributed by atoms with Crippen molar-refractivity contribution in [2.24, 2.45) is 0 Å². The molecule has 0 radical (unpaired) electrons. The molecule has 3 rings (SSSR count). The molecule has 25 heavy (non-hydrogen) atoms. The smallest absolute Gasteiger partial charge is 0.404 e. The van der Waals surface area contributed by atoms with Crippen molar-refractivity contribution in [2.45, 2.75) is 25.8 Å². The van der Waals surface area contributed by atoms with Gasteiger partial charge in [0.15, 0.2) is 0 Å². The van der Waals surface area contributed by atoms with Gasteiger partial charge in [-0.25, -0.2) is 9.18 Å². The molecule has 1 saturated heterocycles. The molecule has 0 unspecified atom stereocenters. The molecule has 0 spiro atoms. The number of halogens is 1. The number of anilines is 1. The van der Waals surface area contributed by atoms with Crippen molar-refractivity contribution in [3.05, 3.63) is 35.8 Å². The van der Waals surface area contributed by atoms with Gasteiger partial charge in [0.1, 0.15) is 11.5 Å². The predicted octanol–water partition coefficient (Wildman–Crippen LogP) is 2.53. The molecule has 8 heteroatoms. The van der Waals surface area contributed by atoms with Crippen LogP contribution in [0.4, 0.5) is 14.9 Å². The zero-order chi connectivity index (χ0) is 18.0. The molecule has 1 aliphatic rings. The van der Waals surface area contributed by atoms with E-state index in [9.17, 15) is 14.3 Å². The van der Waals surface area contributed by atoms with Gasteiger partial charge in [-0.2, -0.15) is 5.10 Å². The number of carboxylic acid groups (broad SMARTS) is 1. The minimum absolute atomic E-state index is 0.120. The number of hydrogen-bond donors (Lipinski definition) is 3. The summed E-state index contributed by atoms with van der Waals surface area (Å²) in [5, 5.41) is 29.0. The van der Waals surface area contributed by atoms with Crippen LogP contribution in [0.5, 0.6) is 5.88 Å². The van der Waals surface area contributed by atoms with Crippen LogP contribution >= 0.6 is 0 Å². The lowest BCUT2D eigenvalue weighted by Crippen LogP contribution is -2.44. The van der Waals surface area contributed by atoms with Crippen LogP contribution in [0.1, 0.15) is 18.4 Å². The lowest BCUT2D eigenvalue weighted by molar-refractivity contribution is 0.187. The summed E-state index contributed by atoms with van der Waals surface area (Å²) in [5.41, 5.74) is 2.47. The first kappa shape index (κ1) is 16.9. The van der Waals surface area contributed by atoms with Gasteiger partial charge in [0.25, 0.3) is 5.88 Å². The van der Waals surface area contributed by atoms with Gasteiger partial charge < -0.3 is 20.4 Å². The molecule has 132 valence electrons. The van der Waals surface area contributed by atoms with E-state index in [0.29, 0.717) is 42.7 Å². The van der Waals surface area contributed by atoms with Crippen LogP contribution in [-0.4, -0.2) is 45.6 Å². The third-order valence-corrected chi connectivity index (χ3v) is 4.30. The predicted molar refractivity (Wildman–Crippen MR) is 90.2 cm³/mol. The van der Waals surface area contributed by atoms with Crippen molar-refractivity contribution in [1.29, 1.82) is 0 Å². The lowest BCUT2D eigenvalue weighted by atomic mass is 10.00. The molecule has 3 N–H and O–H groups in total. The fourth-order valence-corrected chi connectivity index (χ4v) is 3.21. The maximum absolute atomic E-state index is 13.8. The molecule has 1 fully saturated rings. The SMILES string of the molecule is Cc1cc(F)cc(-c2cnnc(O)c2N2CCC(NC(=O)O)CC2)c1. The summed E-state index contributed by atoms with van der Waals surface area (Å²) in [6.07, 6.45) is 1.68. The van der Waals surface area contributed by atoms with E-state index < -0.39 is 6.09 Å². The van der Waals surface area contributed by atoms with Crippen LogP contribution in [0.3, 0.4) is 0 Å². The first-order valence-electron chi connectivity index (χ1n) is 8.00. The number of nitrogens with one attached hydrogen (secondary N) is 1. The van der Waals surface area contributed by atoms with Gasteiger partial charge in [0.2, 0.25) is 0 Å². The minimum Gasteiger partial charge on any atom is -0.491 e. The fraction of sp³-hybridized carbons (Fsp3) is 0.353. The third kappa shape index (κ3) is 3.78. The maximum Gasteiger partial charge on any atom is 0.404 e. The van der Waals surface area contributed by atoms with Crippen molar-refractivity contribution >= 4 is 11.8 Å². The van der Waals surface area contributed by atoms with Crippen molar-refractivity contribution in [1.82, 2.24) is 15.5 Å². The zero-order valence-corrected chi connectivity index (χ0v) is 13.7. The Morgan fingerprint density at radius 3 is 2.68 bits per heavy atom. The number of aromatic hydroxyl groups is 1. The van der Waals surface area contributed by atoms with Crippen molar-refractivity contribution < 1.29 is 19.4 Å². The number of aromatic nitrogens is 2. The molecule has 7 nitrogen and oxygen atoms in total. The highest BCUT2D eigenvalue weighted by atomic mass is 19.1. The number of benzene rings is 1. The second-order valence-electron chi connectivity index (χ2n) is 6.16. The lowest BCUT2D eigenvalue weighted by Gasteiger charge is -2.34. The van der Waals surface area contributed by atoms with Gasteiger partial charge in [0, 0.05) is 24.7 Å². The first-order valence-corrected chi connectivity index (χ1v) is 8.00. The number of aryl methyl sites for hydroxylation is 1. The molecule has 1 aromatic heterocycles. The van der Waals surface area contributed by atoms with Gasteiger partial charge in [-0.1, -0.05) is 6.07 Å². The Kier molecular flexibility index (Phi) is 4.69. The van der Waals surface area contributed by atoms with Crippen LogP contribution in [-0.2, 0) is 0 Å². The van der Waals surface area contributed by atoms with Crippen molar-refractivity contribution in [2.75, 3.05) is 18.0 Å². The molecule has 0 saturated carbocycles. The summed E-state index contributed by atoms with van der Waals surface area (Å²) in [4.78, 5) is 12.7. The summed E-state index contributed by atoms with van der Waals surface area (Å²) >= 11 is 0. The maximum atomic E-state index is 13.8. The largest absolute Gasteiger partial charge is 0.491 e. The monoisotopic (exact) mass is 346 g/mol. The number of amides is 1. The molecular formula is C17H19FN4O3. The Hall–Kier alpha value is -2.90. The topological polar surface area (TPSA) is 98.6 Å². The van der Waals surface area contributed by atoms with Gasteiger partial charge in [-0.05, 0) is 43.0 Å². The molecule has 2 aromatic rings. The van der Waals surface area contributed by atoms with E-state index in [1.807, 2.05) is 11.0 Å². The molecule has 0 aliphatic carbocycles. The molecule has 0 bridgehead atoms. The molecule has 0 atom stereocenters. The van der Waals surface area contributed by atoms with E-state index in [0.717, 1.165) is 5.56 Å². The normalized spacial score (nSPS) is 15.2. The van der Waals surface area contributed by atoms with Gasteiger partial charge in [-0.3, -0.25) is 0 Å². The minimum atomic E-state index is -1.04. The number of rotatable bonds is 3. The number of hydrogen-bond acceptors (Lipinski definition) is 5. The van der Waals surface area contributed by atoms with Crippen LogP contribution in [0.2, 0.25) is 0 Å². The summed E-state index contributed by atoms with van der Waals surface area (Å²) in [6.45, 7) is 2.89. The van der Waals surface area contributed by atoms with Crippen molar-refractivity contribution in [3.63, 3.8) is 0 Å². The fourth-order valence-electron chi connectivity index (χ4n) is 3.21. The van der Waals surface area contributed by atoms with E-state index in [2.05, 4.69) is 15.5 Å². The molecule has 2 heterocycles. The third-order valence-electron chi connectivity index (χ3n) is 4.30. The van der Waals surface area contributed by atoms with Crippen LogP contribution < -0.4 is 10.2 Å². The number of carbonyl (C=O) groups is 1. The quantitative estimate of drug-likeness (QED) is 0.790. The van der Waals surface area contributed by atoms with E-state index in [1.54, 1.807) is 6.92 Å². The highest BCUT2D eigenvalue weighted by molar-refractivity contribution is 5.81. The zero-order valence-electron chi connectivity index (χ0n) is 13.7. The Balaban J connectivity index is 1.91. The second-order valence-corrected chi connectivity index (χ2v) is 6.16. The van der Waals surface area contributed by atoms with E-state index in [1.165, 1.54) is 18.3 Å². The second kappa shape index (κ2) is 6.92. The van der Waals surface area contributed by atoms with E-state index >= 15 is 0 Å². The Labute approximate surface area is 144 Å². The molecule has 1 aromatic carbocycles. The van der Waals surface area contributed by atoms with Crippen LogP contribution in [0, 0.1) is 12.7 Å². The summed E-state index contributed by atoms with van der Waals surface area (Å²) < 4.78 is 13.8. The van der Waals surface area contributed by atoms with Crippen LogP contribution in [0.15, 0.2) is 24.4 Å². The average molecular weight is 346 g/mol. The van der Waals surface area contributed by atoms with Gasteiger partial charge >= 0.3 is 6.09 Å². The standard InChI is InChI=1S/C17H19FN4O3/c1-10-6-11(8-12(18)7-10)14-9-19-21-16(23)15(14)22-4-2-13(3-5-22)20-17(24)25/h6-9,13,20H,2-5H2,1H3,(H,21,23)(H,24,25). The van der Waals surface area contributed by atoms with Crippen molar-refractivity contribution in [3.8, 4) is 17.0 Å². The van der Waals surface area contributed by atoms with E-state index in [-0.39, 0.29) is 17.7 Å². The molecule has 1 amide bonds. The Morgan fingerprint density at radius 1 is 1.32 bits per heavy atom. The summed E-state index contributed by atoms with van der Waals surface area (Å²) in [5.74, 6) is -0.578. The number of piperidine rings is 1. The Morgan fingerprint density at radius 2 is 2.04 bits per heavy atom. The molecular weight excluding hydrogens is 327 g/mol. The van der Waals surface area contributed by atoms with Crippen LogP contribution in [0.25, 0.3) is 11.1 Å². The highest BCUT2D eigenvalue weighted by Crippen LogP contribution is 2.37. The number of nitrogens with zero attached hydrogens (tertiary/aromatic N) is 3. The van der Waals surface area contributed by atoms with E-state index in [4.69, 9.17) is 5.11 Å². The van der Waals surface area contributed by atoms with Gasteiger partial charge in [-0.15, -0.1) is 5.10 Å². The molecule has 1 aliphatic heterocycles. The Bertz CT molecular complexity index is 771. The van der Waals surface area contributed by atoms with Gasteiger partial charge in [0.05, 0.1) is 6.20 Å². The highest BCUT2D eigenvalue weighted by Gasteiger charge is 2.25. The average Bonchev–Trinajstić information content (AvgIpc) is 2.54.